The lowest BCUT2D eigenvalue weighted by atomic mass is 10.0. The van der Waals surface area contributed by atoms with Gasteiger partial charge in [-0.05, 0) is 25.0 Å². The van der Waals surface area contributed by atoms with Crippen LogP contribution in [-0.4, -0.2) is 57.6 Å². The van der Waals surface area contributed by atoms with Crippen LogP contribution in [0.2, 0.25) is 0 Å². The molecule has 33 heavy (non-hydrogen) atoms. The van der Waals surface area contributed by atoms with Crippen LogP contribution < -0.4 is 5.43 Å². The summed E-state index contributed by atoms with van der Waals surface area (Å²) in [6.07, 6.45) is -3.81. The maximum atomic E-state index is 14.8. The van der Waals surface area contributed by atoms with Crippen LogP contribution in [0, 0.1) is 5.82 Å². The van der Waals surface area contributed by atoms with Crippen molar-refractivity contribution in [2.24, 2.45) is 0 Å². The van der Waals surface area contributed by atoms with E-state index in [1.165, 1.54) is 0 Å². The molecule has 0 spiro atoms. The summed E-state index contributed by atoms with van der Waals surface area (Å²) >= 11 is 0. The van der Waals surface area contributed by atoms with Gasteiger partial charge in [0.2, 0.25) is 5.43 Å². The SMILES string of the molecule is CCc1nn(CCCN2CCOCC2)c2[nH]c(-c3cccc(C(F)(F)F)c3F)c(O)c(=O)c12. The fraction of sp³-hybridized carbons (Fsp3) is 0.455. The van der Waals surface area contributed by atoms with Crippen molar-refractivity contribution in [1.82, 2.24) is 19.7 Å². The van der Waals surface area contributed by atoms with E-state index in [0.29, 0.717) is 44.4 Å². The fourth-order valence-electron chi connectivity index (χ4n) is 4.10. The van der Waals surface area contributed by atoms with Crippen molar-refractivity contribution in [3.63, 3.8) is 0 Å². The molecular formula is C22H24F4N4O3. The maximum absolute atomic E-state index is 14.8. The van der Waals surface area contributed by atoms with E-state index in [4.69, 9.17) is 4.74 Å². The normalized spacial score (nSPS) is 15.4. The minimum absolute atomic E-state index is 0.150. The summed E-state index contributed by atoms with van der Waals surface area (Å²) in [6, 6.07) is 2.72. The van der Waals surface area contributed by atoms with Crippen molar-refractivity contribution in [1.29, 1.82) is 0 Å². The molecule has 1 saturated heterocycles. The standard InChI is InChI=1S/C22H24F4N4O3/c1-2-15-16-19(31)20(32)18(13-5-3-6-14(17(13)23)22(24,25)26)27-21(16)30(28-15)8-4-7-29-9-11-33-12-10-29/h3,5-6,32H,2,4,7-12H2,1H3,(H,27,31). The number of nitrogens with zero attached hydrogens (tertiary/aromatic N) is 3. The lowest BCUT2D eigenvalue weighted by Gasteiger charge is -2.26. The number of nitrogens with one attached hydrogen (secondary N) is 1. The van der Waals surface area contributed by atoms with Crippen LogP contribution in [0.5, 0.6) is 5.75 Å². The number of fused-ring (bicyclic) bond motifs is 1. The monoisotopic (exact) mass is 468 g/mol. The molecule has 1 aliphatic heterocycles. The number of morpholine rings is 1. The first kappa shape index (κ1) is 23.2. The molecule has 3 heterocycles. The van der Waals surface area contributed by atoms with Crippen molar-refractivity contribution < 1.29 is 27.4 Å². The Morgan fingerprint density at radius 1 is 1.21 bits per heavy atom. The molecule has 0 unspecified atom stereocenters. The van der Waals surface area contributed by atoms with E-state index in [1.807, 2.05) is 0 Å². The van der Waals surface area contributed by atoms with Gasteiger partial charge in [-0.25, -0.2) is 9.07 Å². The third-order valence-corrected chi connectivity index (χ3v) is 5.80. The van der Waals surface area contributed by atoms with Gasteiger partial charge in [0, 0.05) is 31.7 Å². The van der Waals surface area contributed by atoms with Gasteiger partial charge in [-0.1, -0.05) is 13.0 Å². The first-order valence-corrected chi connectivity index (χ1v) is 10.7. The largest absolute Gasteiger partial charge is 0.503 e. The van der Waals surface area contributed by atoms with Crippen LogP contribution in [0.1, 0.15) is 24.6 Å². The van der Waals surface area contributed by atoms with E-state index in [2.05, 4.69) is 15.0 Å². The molecule has 4 rings (SSSR count). The van der Waals surface area contributed by atoms with Gasteiger partial charge in [-0.2, -0.15) is 18.3 Å². The molecule has 0 radical (unpaired) electrons. The molecule has 0 amide bonds. The van der Waals surface area contributed by atoms with Crippen LogP contribution in [0.4, 0.5) is 17.6 Å². The topological polar surface area (TPSA) is 83.4 Å². The van der Waals surface area contributed by atoms with Gasteiger partial charge in [0.15, 0.2) is 5.75 Å². The zero-order valence-corrected chi connectivity index (χ0v) is 18.0. The molecule has 1 fully saturated rings. The number of aromatic amines is 1. The minimum atomic E-state index is -4.92. The maximum Gasteiger partial charge on any atom is 0.419 e. The number of ether oxygens (including phenoxy) is 1. The minimum Gasteiger partial charge on any atom is -0.503 e. The third kappa shape index (κ3) is 4.47. The van der Waals surface area contributed by atoms with Gasteiger partial charge in [0.25, 0.3) is 0 Å². The summed E-state index contributed by atoms with van der Waals surface area (Å²) in [4.78, 5) is 18.0. The first-order valence-electron chi connectivity index (χ1n) is 10.7. The predicted octanol–water partition coefficient (Wildman–Crippen LogP) is 3.54. The highest BCUT2D eigenvalue weighted by atomic mass is 19.4. The molecule has 7 nitrogen and oxygen atoms in total. The average Bonchev–Trinajstić information content (AvgIpc) is 3.14. The molecule has 3 aromatic rings. The second-order valence-electron chi connectivity index (χ2n) is 7.90. The lowest BCUT2D eigenvalue weighted by molar-refractivity contribution is -0.139. The first-order chi connectivity index (χ1) is 15.7. The van der Waals surface area contributed by atoms with Gasteiger partial charge in [-0.15, -0.1) is 0 Å². The molecule has 0 aliphatic carbocycles. The molecule has 0 atom stereocenters. The number of aromatic nitrogens is 3. The Labute approximate surface area is 186 Å². The third-order valence-electron chi connectivity index (χ3n) is 5.80. The highest BCUT2D eigenvalue weighted by Gasteiger charge is 2.35. The number of halogens is 4. The summed E-state index contributed by atoms with van der Waals surface area (Å²) < 4.78 is 61.2. The van der Waals surface area contributed by atoms with Crippen molar-refractivity contribution in [3.8, 4) is 17.0 Å². The summed E-state index contributed by atoms with van der Waals surface area (Å²) in [5.41, 5.74) is -2.54. The molecule has 11 heteroatoms. The van der Waals surface area contributed by atoms with E-state index in [-0.39, 0.29) is 11.0 Å². The highest BCUT2D eigenvalue weighted by molar-refractivity contribution is 5.84. The quantitative estimate of drug-likeness (QED) is 0.541. The number of hydrogen-bond acceptors (Lipinski definition) is 5. The summed E-state index contributed by atoms with van der Waals surface area (Å²) in [7, 11) is 0. The molecule has 1 aliphatic rings. The Bertz CT molecular complexity index is 1210. The van der Waals surface area contributed by atoms with Crippen molar-refractivity contribution >= 4 is 11.0 Å². The summed E-state index contributed by atoms with van der Waals surface area (Å²) in [5.74, 6) is -2.41. The smallest absolute Gasteiger partial charge is 0.419 e. The van der Waals surface area contributed by atoms with Crippen molar-refractivity contribution in [2.75, 3.05) is 32.8 Å². The van der Waals surface area contributed by atoms with Crippen molar-refractivity contribution in [2.45, 2.75) is 32.5 Å². The average molecular weight is 468 g/mol. The second kappa shape index (κ2) is 9.14. The molecule has 0 bridgehead atoms. The zero-order chi connectivity index (χ0) is 23.8. The Kier molecular flexibility index (Phi) is 6.44. The number of hydrogen-bond donors (Lipinski definition) is 2. The number of aryl methyl sites for hydroxylation is 2. The Morgan fingerprint density at radius 3 is 2.61 bits per heavy atom. The van der Waals surface area contributed by atoms with E-state index < -0.39 is 40.0 Å². The lowest BCUT2D eigenvalue weighted by Crippen LogP contribution is -2.37. The van der Waals surface area contributed by atoms with E-state index in [1.54, 1.807) is 11.6 Å². The molecule has 0 saturated carbocycles. The Balaban J connectivity index is 1.76. The van der Waals surface area contributed by atoms with Gasteiger partial charge in [0.1, 0.15) is 11.5 Å². The number of alkyl halides is 3. The summed E-state index contributed by atoms with van der Waals surface area (Å²) in [5, 5.41) is 15.1. The van der Waals surface area contributed by atoms with Crippen LogP contribution in [0.25, 0.3) is 22.3 Å². The van der Waals surface area contributed by atoms with Gasteiger partial charge in [-0.3, -0.25) is 9.69 Å². The van der Waals surface area contributed by atoms with E-state index in [0.717, 1.165) is 31.8 Å². The zero-order valence-electron chi connectivity index (χ0n) is 18.0. The Morgan fingerprint density at radius 2 is 1.94 bits per heavy atom. The van der Waals surface area contributed by atoms with E-state index in [9.17, 15) is 27.5 Å². The number of pyridine rings is 1. The number of aromatic hydroxyl groups is 1. The van der Waals surface area contributed by atoms with Crippen LogP contribution in [0.15, 0.2) is 23.0 Å². The molecular weight excluding hydrogens is 444 g/mol. The Hall–Kier alpha value is -2.92. The van der Waals surface area contributed by atoms with Gasteiger partial charge in [0.05, 0.1) is 35.6 Å². The van der Waals surface area contributed by atoms with Crippen LogP contribution in [0.3, 0.4) is 0 Å². The predicted molar refractivity (Wildman–Crippen MR) is 114 cm³/mol. The van der Waals surface area contributed by atoms with Crippen molar-refractivity contribution in [3.05, 3.63) is 45.5 Å². The fourth-order valence-corrected chi connectivity index (χ4v) is 4.10. The van der Waals surface area contributed by atoms with Crippen LogP contribution >= 0.6 is 0 Å². The molecule has 1 aromatic carbocycles. The highest BCUT2D eigenvalue weighted by Crippen LogP contribution is 2.37. The number of H-pyrrole nitrogens is 1. The molecule has 2 aromatic heterocycles. The van der Waals surface area contributed by atoms with Gasteiger partial charge < -0.3 is 14.8 Å². The van der Waals surface area contributed by atoms with E-state index >= 15 is 0 Å². The van der Waals surface area contributed by atoms with Crippen LogP contribution in [-0.2, 0) is 23.9 Å². The molecule has 178 valence electrons. The van der Waals surface area contributed by atoms with Gasteiger partial charge >= 0.3 is 6.18 Å². The number of rotatable bonds is 6. The summed E-state index contributed by atoms with van der Waals surface area (Å²) in [6.45, 7) is 6.00. The second-order valence-corrected chi connectivity index (χ2v) is 7.90. The molecule has 2 N–H and O–H groups in total. The number of benzene rings is 1.